The van der Waals surface area contributed by atoms with E-state index in [0.717, 1.165) is 18.9 Å². The van der Waals surface area contributed by atoms with Gasteiger partial charge < -0.3 is 5.32 Å². The van der Waals surface area contributed by atoms with Crippen molar-refractivity contribution in [3.63, 3.8) is 0 Å². The van der Waals surface area contributed by atoms with Crippen LogP contribution in [-0.4, -0.2) is 6.54 Å². The Morgan fingerprint density at radius 2 is 2.20 bits per heavy atom. The summed E-state index contributed by atoms with van der Waals surface area (Å²) in [5, 5.41) is 14.8. The van der Waals surface area contributed by atoms with Crippen LogP contribution in [0.3, 0.4) is 0 Å². The van der Waals surface area contributed by atoms with Crippen LogP contribution in [0, 0.1) is 22.7 Å². The van der Waals surface area contributed by atoms with E-state index in [1.807, 2.05) is 11.3 Å². The topological polar surface area (TPSA) is 35.8 Å². The molecular weight excluding hydrogens is 264 g/mol. The highest BCUT2D eigenvalue weighted by atomic mass is 32.1. The molecular formula is C17H26N2S. The van der Waals surface area contributed by atoms with Crippen LogP contribution >= 0.6 is 11.3 Å². The third-order valence-corrected chi connectivity index (χ3v) is 5.39. The molecule has 1 aromatic heterocycles. The Balaban J connectivity index is 1.96. The number of hydrogen-bond acceptors (Lipinski definition) is 3. The van der Waals surface area contributed by atoms with Crippen molar-refractivity contribution in [3.8, 4) is 6.07 Å². The predicted molar refractivity (Wildman–Crippen MR) is 85.6 cm³/mol. The summed E-state index contributed by atoms with van der Waals surface area (Å²) in [6.07, 6.45) is 7.10. The number of nitrogens with zero attached hydrogens (tertiary/aromatic N) is 1. The van der Waals surface area contributed by atoms with Gasteiger partial charge in [-0.3, -0.25) is 0 Å². The van der Waals surface area contributed by atoms with E-state index in [0.29, 0.717) is 12.5 Å². The van der Waals surface area contributed by atoms with Gasteiger partial charge in [-0.25, -0.2) is 0 Å². The minimum atomic E-state index is 0.198. The molecule has 0 aliphatic heterocycles. The lowest BCUT2D eigenvalue weighted by Gasteiger charge is -2.30. The van der Waals surface area contributed by atoms with Crippen molar-refractivity contribution in [3.05, 3.63) is 22.4 Å². The van der Waals surface area contributed by atoms with E-state index < -0.39 is 0 Å². The Labute approximate surface area is 127 Å². The molecule has 1 fully saturated rings. The molecule has 1 N–H and O–H groups in total. The summed E-state index contributed by atoms with van der Waals surface area (Å²) < 4.78 is 0. The quantitative estimate of drug-likeness (QED) is 0.775. The van der Waals surface area contributed by atoms with Gasteiger partial charge in [0.1, 0.15) is 0 Å². The van der Waals surface area contributed by atoms with Crippen molar-refractivity contribution >= 4 is 11.3 Å². The number of hydrogen-bond donors (Lipinski definition) is 1. The molecule has 2 rings (SSSR count). The number of nitrogens with one attached hydrogen (secondary N) is 1. The summed E-state index contributed by atoms with van der Waals surface area (Å²) in [5.41, 5.74) is 0.198. The third-order valence-electron chi connectivity index (χ3n) is 4.44. The average Bonchev–Trinajstić information content (AvgIpc) is 3.09. The second-order valence-electron chi connectivity index (χ2n) is 6.74. The molecule has 0 spiro atoms. The zero-order valence-corrected chi connectivity index (χ0v) is 13.5. The second-order valence-corrected chi connectivity index (χ2v) is 7.72. The maximum absolute atomic E-state index is 8.76. The molecule has 2 nitrogen and oxygen atoms in total. The molecule has 1 saturated carbocycles. The molecule has 1 unspecified atom stereocenters. The van der Waals surface area contributed by atoms with Gasteiger partial charge >= 0.3 is 0 Å². The summed E-state index contributed by atoms with van der Waals surface area (Å²) in [4.78, 5) is 1.48. The minimum Gasteiger partial charge on any atom is -0.308 e. The Hall–Kier alpha value is -0.850. The van der Waals surface area contributed by atoms with Crippen LogP contribution in [0.2, 0.25) is 0 Å². The van der Waals surface area contributed by atoms with E-state index in [9.17, 15) is 0 Å². The highest BCUT2D eigenvalue weighted by molar-refractivity contribution is 7.10. The summed E-state index contributed by atoms with van der Waals surface area (Å²) >= 11 is 1.87. The lowest BCUT2D eigenvalue weighted by Crippen LogP contribution is -2.35. The molecule has 1 aromatic rings. The van der Waals surface area contributed by atoms with E-state index >= 15 is 0 Å². The monoisotopic (exact) mass is 290 g/mol. The van der Waals surface area contributed by atoms with Crippen molar-refractivity contribution in [2.24, 2.45) is 11.3 Å². The first-order valence-corrected chi connectivity index (χ1v) is 8.64. The van der Waals surface area contributed by atoms with E-state index in [1.165, 1.54) is 30.6 Å². The van der Waals surface area contributed by atoms with E-state index in [4.69, 9.17) is 5.26 Å². The molecule has 110 valence electrons. The van der Waals surface area contributed by atoms with Gasteiger partial charge in [-0.2, -0.15) is 5.26 Å². The third kappa shape index (κ3) is 4.33. The van der Waals surface area contributed by atoms with Crippen LogP contribution in [0.25, 0.3) is 0 Å². The van der Waals surface area contributed by atoms with Gasteiger partial charge in [0, 0.05) is 23.9 Å². The fraction of sp³-hybridized carbons (Fsp3) is 0.706. The minimum absolute atomic E-state index is 0.198. The number of rotatable bonds is 7. The Bertz CT molecular complexity index is 424. The summed E-state index contributed by atoms with van der Waals surface area (Å²) in [7, 11) is 0. The highest BCUT2D eigenvalue weighted by Crippen LogP contribution is 2.38. The molecule has 20 heavy (non-hydrogen) atoms. The SMILES string of the molecule is CC(C)(CCC#N)CNC(c1cccs1)C1CCCC1. The standard InChI is InChI=1S/C17H26N2S/c1-17(2,10-6-11-18)13-19-16(14-7-3-4-8-14)15-9-5-12-20-15/h5,9,12,14,16,19H,3-4,6-8,10,13H2,1-2H3. The van der Waals surface area contributed by atoms with E-state index in [-0.39, 0.29) is 5.41 Å². The maximum Gasteiger partial charge on any atom is 0.0621 e. The molecule has 1 aliphatic carbocycles. The van der Waals surface area contributed by atoms with Crippen LogP contribution in [0.15, 0.2) is 17.5 Å². The molecule has 0 aromatic carbocycles. The van der Waals surface area contributed by atoms with Crippen LogP contribution in [0.5, 0.6) is 0 Å². The molecule has 1 heterocycles. The van der Waals surface area contributed by atoms with Crippen molar-refractivity contribution < 1.29 is 0 Å². The van der Waals surface area contributed by atoms with Gasteiger partial charge in [0.05, 0.1) is 6.07 Å². The normalized spacial score (nSPS) is 18.1. The fourth-order valence-corrected chi connectivity index (χ4v) is 4.02. The summed E-state index contributed by atoms with van der Waals surface area (Å²) in [5.74, 6) is 0.792. The van der Waals surface area contributed by atoms with Gasteiger partial charge in [-0.15, -0.1) is 11.3 Å². The zero-order chi connectivity index (χ0) is 14.4. The van der Waals surface area contributed by atoms with Gasteiger partial charge in [-0.05, 0) is 42.0 Å². The van der Waals surface area contributed by atoms with Crippen LogP contribution in [0.4, 0.5) is 0 Å². The molecule has 0 radical (unpaired) electrons. The number of thiophene rings is 1. The van der Waals surface area contributed by atoms with E-state index in [1.54, 1.807) is 0 Å². The molecule has 1 aliphatic rings. The fourth-order valence-electron chi connectivity index (χ4n) is 3.13. The molecule has 0 bridgehead atoms. The van der Waals surface area contributed by atoms with Crippen molar-refractivity contribution in [1.29, 1.82) is 5.26 Å². The van der Waals surface area contributed by atoms with Crippen LogP contribution in [0.1, 0.15) is 63.3 Å². The first kappa shape index (κ1) is 15.5. The first-order chi connectivity index (χ1) is 9.62. The second kappa shape index (κ2) is 7.24. The van der Waals surface area contributed by atoms with Gasteiger partial charge in [-0.1, -0.05) is 32.8 Å². The molecule has 1 atom stereocenters. The van der Waals surface area contributed by atoms with Crippen molar-refractivity contribution in [2.45, 2.75) is 58.4 Å². The Morgan fingerprint density at radius 3 is 2.80 bits per heavy atom. The van der Waals surface area contributed by atoms with Crippen LogP contribution in [-0.2, 0) is 0 Å². The first-order valence-electron chi connectivity index (χ1n) is 7.76. The number of nitriles is 1. The summed E-state index contributed by atoms with van der Waals surface area (Å²) in [6.45, 7) is 5.52. The Kier molecular flexibility index (Phi) is 5.63. The maximum atomic E-state index is 8.76. The smallest absolute Gasteiger partial charge is 0.0621 e. The lowest BCUT2D eigenvalue weighted by atomic mass is 9.86. The average molecular weight is 290 g/mol. The van der Waals surface area contributed by atoms with Crippen molar-refractivity contribution in [2.75, 3.05) is 6.54 Å². The summed E-state index contributed by atoms with van der Waals surface area (Å²) in [6, 6.07) is 7.21. The van der Waals surface area contributed by atoms with E-state index in [2.05, 4.69) is 42.7 Å². The largest absolute Gasteiger partial charge is 0.308 e. The van der Waals surface area contributed by atoms with Crippen LogP contribution < -0.4 is 5.32 Å². The van der Waals surface area contributed by atoms with Crippen molar-refractivity contribution in [1.82, 2.24) is 5.32 Å². The van der Waals surface area contributed by atoms with Gasteiger partial charge in [0.25, 0.3) is 0 Å². The molecule has 0 amide bonds. The van der Waals surface area contributed by atoms with Gasteiger partial charge in [0.2, 0.25) is 0 Å². The molecule has 0 saturated heterocycles. The highest BCUT2D eigenvalue weighted by Gasteiger charge is 2.28. The Morgan fingerprint density at radius 1 is 1.45 bits per heavy atom. The molecule has 3 heteroatoms. The predicted octanol–water partition coefficient (Wildman–Crippen LogP) is 4.90. The zero-order valence-electron chi connectivity index (χ0n) is 12.7. The lowest BCUT2D eigenvalue weighted by molar-refractivity contribution is 0.271. The van der Waals surface area contributed by atoms with Gasteiger partial charge in [0.15, 0.2) is 0 Å².